The van der Waals surface area contributed by atoms with Gasteiger partial charge in [-0.1, -0.05) is 44.0 Å². The molecule has 1 saturated carbocycles. The van der Waals surface area contributed by atoms with Gasteiger partial charge in [0.05, 0.1) is 17.6 Å². The van der Waals surface area contributed by atoms with E-state index in [4.69, 9.17) is 21.1 Å². The van der Waals surface area contributed by atoms with Crippen LogP contribution < -0.4 is 20.3 Å². The van der Waals surface area contributed by atoms with Crippen molar-refractivity contribution >= 4 is 33.4 Å². The van der Waals surface area contributed by atoms with Crippen LogP contribution in [0.25, 0.3) is 50.0 Å². The number of aromatic hydroxyl groups is 3. The fourth-order valence-electron chi connectivity index (χ4n) is 12.7. The predicted molar refractivity (Wildman–Crippen MR) is 307 cm³/mol. The molecule has 5 fully saturated rings. The van der Waals surface area contributed by atoms with E-state index >= 15 is 4.39 Å². The lowest BCUT2D eigenvalue weighted by molar-refractivity contribution is -0.149. The Morgan fingerprint density at radius 2 is 1.66 bits per heavy atom. The number of anilines is 1. The number of terminal acetylenes is 1. The van der Waals surface area contributed by atoms with Gasteiger partial charge >= 0.3 is 12.2 Å². The normalized spacial score (nSPS) is 20.1. The van der Waals surface area contributed by atoms with Gasteiger partial charge in [0, 0.05) is 111 Å². The van der Waals surface area contributed by atoms with Gasteiger partial charge in [0.1, 0.15) is 40.3 Å². The van der Waals surface area contributed by atoms with Crippen molar-refractivity contribution in [1.82, 2.24) is 55.0 Å². The zero-order chi connectivity index (χ0) is 57.9. The highest BCUT2D eigenvalue weighted by Gasteiger charge is 2.46. The summed E-state index contributed by atoms with van der Waals surface area (Å²) in [7, 11) is 0. The van der Waals surface area contributed by atoms with Crippen LogP contribution in [-0.2, 0) is 6.54 Å². The van der Waals surface area contributed by atoms with E-state index in [9.17, 15) is 33.3 Å². The number of likely N-dealkylation sites (tertiary alicyclic amines) is 1. The number of carbonyl (C=O) groups is 1. The third kappa shape index (κ3) is 11.6. The molecule has 1 amide bonds. The van der Waals surface area contributed by atoms with E-state index in [1.807, 2.05) is 43.4 Å². The van der Waals surface area contributed by atoms with E-state index in [2.05, 4.69) is 46.0 Å². The molecule has 434 valence electrons. The van der Waals surface area contributed by atoms with Gasteiger partial charge in [-0.3, -0.25) is 19.2 Å². The molecule has 3 aromatic heterocycles. The number of nitrogens with one attached hydrogen (secondary N) is 2. The fraction of sp³-hybridized carbons (Fsp3) is 0.452. The van der Waals surface area contributed by atoms with Crippen LogP contribution in [0.3, 0.4) is 0 Å². The van der Waals surface area contributed by atoms with Gasteiger partial charge in [0.15, 0.2) is 11.6 Å². The monoisotopic (exact) mass is 1140 g/mol. The molecular weight excluding hydrogens is 1070 g/mol. The molecule has 0 radical (unpaired) electrons. The Morgan fingerprint density at radius 3 is 2.37 bits per heavy atom. The van der Waals surface area contributed by atoms with E-state index in [1.165, 1.54) is 16.7 Å². The van der Waals surface area contributed by atoms with Gasteiger partial charge in [0.25, 0.3) is 5.91 Å². The lowest BCUT2D eigenvalue weighted by Crippen LogP contribution is -2.50. The quantitative estimate of drug-likeness (QED) is 0.0456. The van der Waals surface area contributed by atoms with Gasteiger partial charge in [-0.05, 0) is 123 Å². The lowest BCUT2D eigenvalue weighted by Gasteiger charge is -2.39. The minimum atomic E-state index is -4.69. The molecular formula is C62H68F4N12O5. The number of phenolic OH excluding ortho intramolecular Hbond substituents is 3. The second kappa shape index (κ2) is 22.5. The van der Waals surface area contributed by atoms with Crippen LogP contribution in [0.5, 0.6) is 23.3 Å². The summed E-state index contributed by atoms with van der Waals surface area (Å²) in [5.41, 5.74) is 3.12. The molecule has 4 saturated heterocycles. The van der Waals surface area contributed by atoms with Crippen LogP contribution in [0.15, 0.2) is 72.9 Å². The number of amides is 1. The maximum Gasteiger partial charge on any atom is 0.408 e. The van der Waals surface area contributed by atoms with Crippen molar-refractivity contribution in [2.24, 2.45) is 17.3 Å². The van der Waals surface area contributed by atoms with E-state index in [0.29, 0.717) is 75.4 Å². The number of piperazine rings is 1. The molecule has 5 N–H and O–H groups in total. The number of rotatable bonds is 16. The minimum Gasteiger partial charge on any atom is -0.508 e. The molecule has 21 heteroatoms. The van der Waals surface area contributed by atoms with Crippen molar-refractivity contribution in [3.63, 3.8) is 0 Å². The average molecular weight is 1140 g/mol. The molecule has 17 nitrogen and oxygen atoms in total. The molecule has 7 aromatic rings. The summed E-state index contributed by atoms with van der Waals surface area (Å²) in [4.78, 5) is 37.5. The van der Waals surface area contributed by atoms with Crippen molar-refractivity contribution in [2.75, 3.05) is 83.5 Å². The molecule has 2 bridgehead atoms. The number of carbonyl (C=O) groups excluding carboxylic acids is 1. The van der Waals surface area contributed by atoms with Crippen molar-refractivity contribution in [1.29, 1.82) is 0 Å². The first-order valence-corrected chi connectivity index (χ1v) is 28.7. The van der Waals surface area contributed by atoms with Gasteiger partial charge in [-0.25, -0.2) is 4.39 Å². The largest absolute Gasteiger partial charge is 0.508 e. The highest BCUT2D eigenvalue weighted by Crippen LogP contribution is 2.47. The fourth-order valence-corrected chi connectivity index (χ4v) is 12.7. The molecule has 0 spiro atoms. The van der Waals surface area contributed by atoms with Crippen molar-refractivity contribution in [2.45, 2.75) is 83.6 Å². The second-order valence-corrected chi connectivity index (χ2v) is 23.9. The number of aromatic nitrogens is 6. The van der Waals surface area contributed by atoms with Crippen molar-refractivity contribution in [3.05, 3.63) is 101 Å². The first-order valence-electron chi connectivity index (χ1n) is 28.7. The summed E-state index contributed by atoms with van der Waals surface area (Å²) in [6, 6.07) is 16.9. The molecule has 83 heavy (non-hydrogen) atoms. The standard InChI is InChI=1S/C62H68F4N12O5/c1-5-41-7-6-8-42-24-45(79)25-48(52(41)42)54-53(63)55-49(29-68-54)56(77-32-40-23-43(33-77)67-28-40)71-60(70-55)83-35-61(15-16-61)34-76-21-19-75(20-22-76)31-39-13-17-74(18-14-39)30-38-9-11-44(12-10-38)78-57(47-26-46(36(2)3)50(80)27-51(47)81)72-73-58(78)59(82)69-37(4)62(64,65)66/h1,6-12,24-27,29,36-37,39-40,43,67,79-81H,13-23,28,30-35H2,2-4H3,(H,69,82). The average Bonchev–Trinajstić information content (AvgIpc) is 4.20. The number of halogens is 4. The minimum absolute atomic E-state index is 0.0262. The van der Waals surface area contributed by atoms with Crippen LogP contribution in [-0.4, -0.2) is 163 Å². The van der Waals surface area contributed by atoms with Gasteiger partial charge in [-0.15, -0.1) is 16.6 Å². The summed E-state index contributed by atoms with van der Waals surface area (Å²) in [6.45, 7) is 15.7. The number of piperidine rings is 2. The first kappa shape index (κ1) is 55.9. The first-order chi connectivity index (χ1) is 39.9. The Kier molecular flexibility index (Phi) is 15.1. The topological polar surface area (TPSA) is 193 Å². The number of fused-ring (bicyclic) bond motifs is 4. The Hall–Kier alpha value is -7.64. The number of phenols is 3. The summed E-state index contributed by atoms with van der Waals surface area (Å²) < 4.78 is 65.7. The van der Waals surface area contributed by atoms with Gasteiger partial charge in [0.2, 0.25) is 5.82 Å². The molecule has 5 aliphatic rings. The summed E-state index contributed by atoms with van der Waals surface area (Å²) in [6.07, 6.45) is 8.10. The van der Waals surface area contributed by atoms with Gasteiger partial charge < -0.3 is 45.4 Å². The Morgan fingerprint density at radius 1 is 0.904 bits per heavy atom. The summed E-state index contributed by atoms with van der Waals surface area (Å²) in [5, 5.41) is 47.8. The van der Waals surface area contributed by atoms with Crippen molar-refractivity contribution < 1.29 is 42.4 Å². The number of hydrogen-bond donors (Lipinski definition) is 5. The zero-order valence-corrected chi connectivity index (χ0v) is 46.8. The second-order valence-electron chi connectivity index (χ2n) is 23.9. The Balaban J connectivity index is 0.663. The van der Waals surface area contributed by atoms with Crippen LogP contribution in [0.1, 0.15) is 86.1 Å². The van der Waals surface area contributed by atoms with E-state index < -0.39 is 29.8 Å². The molecule has 3 unspecified atom stereocenters. The van der Waals surface area contributed by atoms with E-state index in [-0.39, 0.29) is 57.2 Å². The number of benzene rings is 4. The maximum absolute atomic E-state index is 17.2. The highest BCUT2D eigenvalue weighted by atomic mass is 19.4. The van der Waals surface area contributed by atoms with E-state index in [0.717, 1.165) is 117 Å². The van der Waals surface area contributed by atoms with Crippen LogP contribution in [0, 0.1) is 35.4 Å². The highest BCUT2D eigenvalue weighted by molar-refractivity contribution is 6.03. The van der Waals surface area contributed by atoms with Crippen molar-refractivity contribution in [3.8, 4) is 63.9 Å². The number of nitrogens with zero attached hydrogens (tertiary/aromatic N) is 10. The zero-order valence-electron chi connectivity index (χ0n) is 46.8. The predicted octanol–water partition coefficient (Wildman–Crippen LogP) is 8.62. The summed E-state index contributed by atoms with van der Waals surface area (Å²) >= 11 is 0. The molecule has 7 heterocycles. The summed E-state index contributed by atoms with van der Waals surface area (Å²) in [5.74, 6) is 1.61. The molecule has 12 rings (SSSR count). The SMILES string of the molecule is C#Cc1cccc2cc(O)cc(-c3ncc4c(N5CC6CNC(C6)C5)nc(OCC5(CN6CCN(CC7CCN(Cc8ccc(-n9c(C(=O)NC(C)C(F)(F)F)nnc9-c9cc(C(C)C)c(O)cc9O)cc8)CC7)CC6)CC5)nc4c3F)c12. The third-order valence-corrected chi connectivity index (χ3v) is 17.6. The third-order valence-electron chi connectivity index (χ3n) is 17.6. The van der Waals surface area contributed by atoms with Crippen LogP contribution in [0.4, 0.5) is 23.4 Å². The number of pyridine rings is 1. The number of alkyl halides is 3. The number of hydrogen-bond acceptors (Lipinski definition) is 15. The van der Waals surface area contributed by atoms with Gasteiger partial charge in [-0.2, -0.15) is 23.1 Å². The molecule has 4 aliphatic heterocycles. The van der Waals surface area contributed by atoms with E-state index in [1.54, 1.807) is 36.5 Å². The van der Waals surface area contributed by atoms with Crippen LogP contribution in [0.2, 0.25) is 0 Å². The van der Waals surface area contributed by atoms with Crippen LogP contribution >= 0.6 is 0 Å². The lowest BCUT2D eigenvalue weighted by atomic mass is 9.95. The maximum atomic E-state index is 17.2. The Bertz CT molecular complexity index is 3610. The molecule has 4 aromatic carbocycles. The molecule has 3 atom stereocenters. The molecule has 1 aliphatic carbocycles. The number of ether oxygens (including phenoxy) is 1. The smallest absolute Gasteiger partial charge is 0.408 e. The Labute approximate surface area is 478 Å².